The van der Waals surface area contributed by atoms with Crippen LogP contribution >= 0.6 is 11.3 Å². The lowest BCUT2D eigenvalue weighted by molar-refractivity contribution is 0.103. The van der Waals surface area contributed by atoms with Gasteiger partial charge >= 0.3 is 0 Å². The van der Waals surface area contributed by atoms with Gasteiger partial charge in [-0.3, -0.25) is 4.79 Å². The number of carbonyl (C=O) groups excluding carboxylic acids is 1. The average molecular weight is 260 g/mol. The summed E-state index contributed by atoms with van der Waals surface area (Å²) in [5, 5.41) is 0. The maximum absolute atomic E-state index is 12.5. The molecule has 0 radical (unpaired) electrons. The minimum atomic E-state index is 0.316. The van der Waals surface area contributed by atoms with Gasteiger partial charge < -0.3 is 0 Å². The Morgan fingerprint density at radius 2 is 1.89 bits per heavy atom. The number of hydrogen-bond donors (Lipinski definition) is 0. The molecular formula is C16H20OS. The molecule has 0 amide bonds. The van der Waals surface area contributed by atoms with Gasteiger partial charge in [-0.25, -0.2) is 0 Å². The number of carbonyl (C=O) groups is 1. The summed E-state index contributed by atoms with van der Waals surface area (Å²) in [7, 11) is 0. The van der Waals surface area contributed by atoms with E-state index in [0.717, 1.165) is 23.3 Å². The van der Waals surface area contributed by atoms with Gasteiger partial charge in [-0.05, 0) is 62.1 Å². The lowest BCUT2D eigenvalue weighted by Gasteiger charge is -2.09. The molecule has 18 heavy (non-hydrogen) atoms. The minimum absolute atomic E-state index is 0.316. The summed E-state index contributed by atoms with van der Waals surface area (Å²) in [6.45, 7) is 0. The maximum atomic E-state index is 12.5. The molecule has 1 aromatic rings. The monoisotopic (exact) mass is 260 g/mol. The van der Waals surface area contributed by atoms with Crippen LogP contribution in [0.4, 0.5) is 0 Å². The number of hydrogen-bond acceptors (Lipinski definition) is 2. The molecule has 3 rings (SSSR count). The molecule has 0 saturated heterocycles. The van der Waals surface area contributed by atoms with Gasteiger partial charge in [0, 0.05) is 4.88 Å². The smallest absolute Gasteiger partial charge is 0.198 e. The summed E-state index contributed by atoms with van der Waals surface area (Å²) in [6.07, 6.45) is 13.0. The molecule has 2 aliphatic rings. The van der Waals surface area contributed by atoms with Gasteiger partial charge in [0.1, 0.15) is 0 Å². The molecule has 0 fully saturated rings. The van der Waals surface area contributed by atoms with Crippen LogP contribution in [0, 0.1) is 0 Å². The summed E-state index contributed by atoms with van der Waals surface area (Å²) in [5.41, 5.74) is 2.52. The van der Waals surface area contributed by atoms with Gasteiger partial charge in [-0.1, -0.05) is 18.9 Å². The molecule has 0 saturated carbocycles. The molecular weight excluding hydrogens is 240 g/mol. The summed E-state index contributed by atoms with van der Waals surface area (Å²) < 4.78 is 0. The van der Waals surface area contributed by atoms with E-state index in [1.165, 1.54) is 55.4 Å². The zero-order valence-electron chi connectivity index (χ0n) is 10.8. The summed E-state index contributed by atoms with van der Waals surface area (Å²) in [5.74, 6) is 0.316. The first-order valence-corrected chi connectivity index (χ1v) is 8.01. The molecule has 0 aliphatic heterocycles. The molecule has 0 aromatic carbocycles. The number of ketones is 1. The van der Waals surface area contributed by atoms with E-state index in [1.54, 1.807) is 11.3 Å². The Morgan fingerprint density at radius 1 is 1.00 bits per heavy atom. The Morgan fingerprint density at radius 3 is 2.78 bits per heavy atom. The molecule has 1 aromatic heterocycles. The van der Waals surface area contributed by atoms with Gasteiger partial charge in [0.2, 0.25) is 0 Å². The predicted octanol–water partition coefficient (Wildman–Crippen LogP) is 4.70. The minimum Gasteiger partial charge on any atom is -0.288 e. The summed E-state index contributed by atoms with van der Waals surface area (Å²) in [6, 6.07) is 2.16. The normalized spacial score (nSPS) is 19.9. The first-order valence-electron chi connectivity index (χ1n) is 7.20. The SMILES string of the molecule is O=C(C1=CCCCCCC1)c1cc2c(s1)CCC2. The summed E-state index contributed by atoms with van der Waals surface area (Å²) >= 11 is 1.75. The van der Waals surface area contributed by atoms with Gasteiger partial charge in [-0.2, -0.15) is 0 Å². The van der Waals surface area contributed by atoms with Crippen molar-refractivity contribution in [3.8, 4) is 0 Å². The number of fused-ring (bicyclic) bond motifs is 1. The fourth-order valence-corrected chi connectivity index (χ4v) is 4.23. The highest BCUT2D eigenvalue weighted by molar-refractivity contribution is 7.14. The second-order valence-corrected chi connectivity index (χ2v) is 6.56. The van der Waals surface area contributed by atoms with E-state index < -0.39 is 0 Å². The number of thiophene rings is 1. The van der Waals surface area contributed by atoms with E-state index in [-0.39, 0.29) is 0 Å². The van der Waals surface area contributed by atoms with Crippen molar-refractivity contribution in [1.82, 2.24) is 0 Å². The van der Waals surface area contributed by atoms with Crippen LogP contribution in [-0.2, 0) is 12.8 Å². The Kier molecular flexibility index (Phi) is 3.64. The Labute approximate surface area is 113 Å². The molecule has 1 nitrogen and oxygen atoms in total. The van der Waals surface area contributed by atoms with Crippen molar-refractivity contribution < 1.29 is 4.79 Å². The summed E-state index contributed by atoms with van der Waals surface area (Å²) in [4.78, 5) is 15.0. The van der Waals surface area contributed by atoms with Gasteiger partial charge in [0.15, 0.2) is 5.78 Å². The van der Waals surface area contributed by atoms with Crippen molar-refractivity contribution in [2.45, 2.75) is 57.8 Å². The van der Waals surface area contributed by atoms with Crippen molar-refractivity contribution in [1.29, 1.82) is 0 Å². The molecule has 0 N–H and O–H groups in total. The highest BCUT2D eigenvalue weighted by atomic mass is 32.1. The van der Waals surface area contributed by atoms with Gasteiger partial charge in [0.05, 0.1) is 4.88 Å². The second kappa shape index (κ2) is 5.40. The fourth-order valence-electron chi connectivity index (χ4n) is 3.00. The molecule has 96 valence electrons. The highest BCUT2D eigenvalue weighted by Crippen LogP contribution is 2.32. The third-order valence-corrected chi connectivity index (χ3v) is 5.29. The topological polar surface area (TPSA) is 17.1 Å². The molecule has 0 spiro atoms. The van der Waals surface area contributed by atoms with Crippen molar-refractivity contribution in [2.24, 2.45) is 0 Å². The van der Waals surface area contributed by atoms with Gasteiger partial charge in [0.25, 0.3) is 0 Å². The lowest BCUT2D eigenvalue weighted by Crippen LogP contribution is -2.03. The van der Waals surface area contributed by atoms with Crippen LogP contribution in [0.2, 0.25) is 0 Å². The molecule has 1 heterocycles. The molecule has 2 heteroatoms. The third kappa shape index (κ3) is 2.44. The molecule has 0 bridgehead atoms. The largest absolute Gasteiger partial charge is 0.288 e. The van der Waals surface area contributed by atoms with Crippen molar-refractivity contribution >= 4 is 17.1 Å². The van der Waals surface area contributed by atoms with Crippen LogP contribution in [0.15, 0.2) is 17.7 Å². The maximum Gasteiger partial charge on any atom is 0.198 e. The molecule has 2 aliphatic carbocycles. The van der Waals surface area contributed by atoms with Crippen LogP contribution in [-0.4, -0.2) is 5.78 Å². The molecule has 0 atom stereocenters. The zero-order valence-corrected chi connectivity index (χ0v) is 11.7. The average Bonchev–Trinajstić information content (AvgIpc) is 2.87. The predicted molar refractivity (Wildman–Crippen MR) is 76.5 cm³/mol. The third-order valence-electron chi connectivity index (χ3n) is 4.05. The van der Waals surface area contributed by atoms with Crippen LogP contribution in [0.3, 0.4) is 0 Å². The second-order valence-electron chi connectivity index (χ2n) is 5.42. The Bertz CT molecular complexity index is 460. The Hall–Kier alpha value is -0.890. The van der Waals surface area contributed by atoms with Crippen LogP contribution in [0.1, 0.15) is 65.1 Å². The van der Waals surface area contributed by atoms with E-state index in [9.17, 15) is 4.79 Å². The first kappa shape index (κ1) is 12.2. The van der Waals surface area contributed by atoms with E-state index >= 15 is 0 Å². The number of allylic oxidation sites excluding steroid dienone is 2. The van der Waals surface area contributed by atoms with Crippen LogP contribution in [0.25, 0.3) is 0 Å². The molecule has 0 unspecified atom stereocenters. The van der Waals surface area contributed by atoms with Crippen molar-refractivity contribution in [2.75, 3.05) is 0 Å². The number of Topliss-reactive ketones (excluding diaryl/α,β-unsaturated/α-hetero) is 1. The van der Waals surface area contributed by atoms with E-state index in [2.05, 4.69) is 12.1 Å². The van der Waals surface area contributed by atoms with E-state index in [0.29, 0.717) is 5.78 Å². The fraction of sp³-hybridized carbons (Fsp3) is 0.562. The lowest BCUT2D eigenvalue weighted by atomic mass is 9.96. The van der Waals surface area contributed by atoms with Crippen molar-refractivity contribution in [3.63, 3.8) is 0 Å². The first-order chi connectivity index (χ1) is 8.84. The number of aryl methyl sites for hydroxylation is 2. The standard InChI is InChI=1S/C16H20OS/c17-16(12-7-4-2-1-3-5-8-12)15-11-13-9-6-10-14(13)18-15/h7,11H,1-6,8-10H2. The highest BCUT2D eigenvalue weighted by Gasteiger charge is 2.20. The van der Waals surface area contributed by atoms with Crippen LogP contribution in [0.5, 0.6) is 0 Å². The Balaban J connectivity index is 1.79. The van der Waals surface area contributed by atoms with Crippen molar-refractivity contribution in [3.05, 3.63) is 33.0 Å². The quantitative estimate of drug-likeness (QED) is 0.704. The van der Waals surface area contributed by atoms with Crippen LogP contribution < -0.4 is 0 Å². The van der Waals surface area contributed by atoms with E-state index in [1.807, 2.05) is 0 Å². The zero-order chi connectivity index (χ0) is 12.4. The number of rotatable bonds is 2. The van der Waals surface area contributed by atoms with Gasteiger partial charge in [-0.15, -0.1) is 11.3 Å². The van der Waals surface area contributed by atoms with E-state index in [4.69, 9.17) is 0 Å².